The van der Waals surface area contributed by atoms with Gasteiger partial charge in [-0.1, -0.05) is 72.8 Å². The number of para-hydroxylation sites is 4. The van der Waals surface area contributed by atoms with Gasteiger partial charge in [-0.05, 0) is 48.5 Å². The molecule has 0 fully saturated rings. The van der Waals surface area contributed by atoms with Gasteiger partial charge in [-0.15, -0.1) is 0 Å². The topological polar surface area (TPSA) is 51.6 Å². The Morgan fingerprint density at radius 1 is 0.316 bits per heavy atom. The summed E-state index contributed by atoms with van der Waals surface area (Å²) < 4.78 is 0. The molecule has 0 unspecified atom stereocenters. The summed E-state index contributed by atoms with van der Waals surface area (Å²) in [6, 6.07) is 41.4. The van der Waals surface area contributed by atoms with Crippen molar-refractivity contribution in [3.8, 4) is 22.5 Å². The van der Waals surface area contributed by atoms with E-state index in [1.807, 2.05) is 24.3 Å². The monoisotopic (exact) mass is 484 g/mol. The van der Waals surface area contributed by atoms with Gasteiger partial charge in [0.15, 0.2) is 5.65 Å². The van der Waals surface area contributed by atoms with E-state index < -0.39 is 0 Å². The van der Waals surface area contributed by atoms with Crippen molar-refractivity contribution < 1.29 is 0 Å². The maximum atomic E-state index is 5.14. The van der Waals surface area contributed by atoms with E-state index in [0.717, 1.165) is 77.2 Å². The summed E-state index contributed by atoms with van der Waals surface area (Å²) in [7, 11) is 0. The first-order valence-corrected chi connectivity index (χ1v) is 12.7. The molecule has 8 rings (SSSR count). The largest absolute Gasteiger partial charge is 0.248 e. The van der Waals surface area contributed by atoms with Crippen LogP contribution >= 0.6 is 0 Å². The first kappa shape index (κ1) is 20.9. The van der Waals surface area contributed by atoms with E-state index in [-0.39, 0.29) is 0 Å². The summed E-state index contributed by atoms with van der Waals surface area (Å²) in [4.78, 5) is 20.1. The van der Waals surface area contributed by atoms with Gasteiger partial charge in [0.25, 0.3) is 0 Å². The molecular formula is C34H20N4. The third-order valence-electron chi connectivity index (χ3n) is 7.24. The van der Waals surface area contributed by atoms with E-state index in [9.17, 15) is 0 Å². The van der Waals surface area contributed by atoms with Crippen molar-refractivity contribution in [3.05, 3.63) is 121 Å². The summed E-state index contributed by atoms with van der Waals surface area (Å²) in [6.45, 7) is 0. The number of hydrogen-bond acceptors (Lipinski definition) is 4. The molecule has 8 aromatic rings. The minimum absolute atomic E-state index is 0.718. The number of fused-ring (bicyclic) bond motifs is 5. The minimum Gasteiger partial charge on any atom is -0.248 e. The Labute approximate surface area is 218 Å². The molecule has 4 aromatic heterocycles. The van der Waals surface area contributed by atoms with Crippen LogP contribution in [0, 0.1) is 0 Å². The molecule has 4 heterocycles. The van der Waals surface area contributed by atoms with Gasteiger partial charge in [0, 0.05) is 38.1 Å². The predicted molar refractivity (Wildman–Crippen MR) is 156 cm³/mol. The fourth-order valence-electron chi connectivity index (χ4n) is 5.51. The van der Waals surface area contributed by atoms with E-state index in [1.54, 1.807) is 0 Å². The molecular weight excluding hydrogens is 464 g/mol. The number of pyridine rings is 4. The van der Waals surface area contributed by atoms with Crippen LogP contribution in [0.3, 0.4) is 0 Å². The van der Waals surface area contributed by atoms with Crippen LogP contribution in [0.1, 0.15) is 0 Å². The molecule has 38 heavy (non-hydrogen) atoms. The average molecular weight is 485 g/mol. The molecule has 0 radical (unpaired) electrons. The van der Waals surface area contributed by atoms with Crippen molar-refractivity contribution in [1.29, 1.82) is 0 Å². The van der Waals surface area contributed by atoms with Gasteiger partial charge in [0.1, 0.15) is 0 Å². The van der Waals surface area contributed by atoms with Gasteiger partial charge in [0.2, 0.25) is 0 Å². The Morgan fingerprint density at radius 3 is 1.03 bits per heavy atom. The van der Waals surface area contributed by atoms with Crippen LogP contribution in [0.2, 0.25) is 0 Å². The van der Waals surface area contributed by atoms with Crippen molar-refractivity contribution in [2.24, 2.45) is 0 Å². The molecule has 176 valence electrons. The zero-order valence-corrected chi connectivity index (χ0v) is 20.3. The normalized spacial score (nSPS) is 11.7. The first-order valence-electron chi connectivity index (χ1n) is 12.7. The van der Waals surface area contributed by atoms with Gasteiger partial charge < -0.3 is 0 Å². The van der Waals surface area contributed by atoms with Gasteiger partial charge in [0.05, 0.1) is 33.5 Å². The van der Waals surface area contributed by atoms with Gasteiger partial charge >= 0.3 is 0 Å². The lowest BCUT2D eigenvalue weighted by Gasteiger charge is -2.13. The number of benzene rings is 4. The van der Waals surface area contributed by atoms with Crippen molar-refractivity contribution in [3.63, 3.8) is 0 Å². The summed E-state index contributed by atoms with van der Waals surface area (Å²) in [5, 5.41) is 5.34. The molecule has 0 saturated carbocycles. The molecule has 0 N–H and O–H groups in total. The zero-order valence-electron chi connectivity index (χ0n) is 20.3. The summed E-state index contributed by atoms with van der Waals surface area (Å²) in [5.74, 6) is 0. The Balaban J connectivity index is 1.41. The minimum atomic E-state index is 0.718. The van der Waals surface area contributed by atoms with Gasteiger partial charge in [-0.3, -0.25) is 0 Å². The van der Waals surface area contributed by atoms with Crippen LogP contribution in [0.5, 0.6) is 0 Å². The highest BCUT2D eigenvalue weighted by atomic mass is 14.9. The lowest BCUT2D eigenvalue weighted by molar-refractivity contribution is 1.29. The zero-order chi connectivity index (χ0) is 25.1. The van der Waals surface area contributed by atoms with Gasteiger partial charge in [-0.2, -0.15) is 0 Å². The smallest absolute Gasteiger partial charge is 0.160 e. The van der Waals surface area contributed by atoms with Crippen LogP contribution in [0.4, 0.5) is 0 Å². The second-order valence-electron chi connectivity index (χ2n) is 9.48. The molecule has 0 bridgehead atoms. The van der Waals surface area contributed by atoms with E-state index >= 15 is 0 Å². The third kappa shape index (κ3) is 3.17. The SMILES string of the molecule is c1ccc2c(-c3ccc4ccc(-c5c6ccccc6nc6ccccc56)nc4n3)c3ccccc3nc2c1. The Bertz CT molecular complexity index is 1940. The van der Waals surface area contributed by atoms with Crippen molar-refractivity contribution in [2.45, 2.75) is 0 Å². The molecule has 4 aromatic carbocycles. The number of rotatable bonds is 2. The van der Waals surface area contributed by atoms with E-state index in [2.05, 4.69) is 97.1 Å². The van der Waals surface area contributed by atoms with Crippen LogP contribution in [0.15, 0.2) is 121 Å². The Hall–Kier alpha value is -5.22. The molecule has 0 aliphatic carbocycles. The highest BCUT2D eigenvalue weighted by Gasteiger charge is 2.15. The van der Waals surface area contributed by atoms with Crippen LogP contribution in [0.25, 0.3) is 77.2 Å². The molecule has 0 aliphatic rings. The van der Waals surface area contributed by atoms with Crippen molar-refractivity contribution in [2.75, 3.05) is 0 Å². The maximum Gasteiger partial charge on any atom is 0.160 e. The van der Waals surface area contributed by atoms with Gasteiger partial charge in [-0.25, -0.2) is 19.9 Å². The summed E-state index contributed by atoms with van der Waals surface area (Å²) in [5.41, 5.74) is 8.50. The maximum absolute atomic E-state index is 5.14. The molecule has 0 spiro atoms. The molecule has 0 saturated heterocycles. The van der Waals surface area contributed by atoms with Crippen molar-refractivity contribution in [1.82, 2.24) is 19.9 Å². The lowest BCUT2D eigenvalue weighted by Crippen LogP contribution is -1.95. The van der Waals surface area contributed by atoms with Crippen LogP contribution < -0.4 is 0 Å². The quantitative estimate of drug-likeness (QED) is 0.231. The summed E-state index contributed by atoms with van der Waals surface area (Å²) >= 11 is 0. The molecule has 0 amide bonds. The summed E-state index contributed by atoms with van der Waals surface area (Å²) in [6.07, 6.45) is 0. The standard InChI is InChI=1S/C34H20N4/c1-5-13-26-22(9-1)32(23-10-2-6-14-27(23)35-26)30-19-17-21-18-20-31(38-34(21)37-30)33-24-11-3-7-15-28(24)36-29-16-8-4-12-25(29)33/h1-20H. The number of nitrogens with zero attached hydrogens (tertiary/aromatic N) is 4. The highest BCUT2D eigenvalue weighted by molar-refractivity contribution is 6.10. The van der Waals surface area contributed by atoms with E-state index in [4.69, 9.17) is 19.9 Å². The fourth-order valence-corrected chi connectivity index (χ4v) is 5.51. The second kappa shape index (κ2) is 8.15. The molecule has 0 aliphatic heterocycles. The average Bonchev–Trinajstić information content (AvgIpc) is 2.98. The van der Waals surface area contributed by atoms with E-state index in [0.29, 0.717) is 0 Å². The first-order chi connectivity index (χ1) is 18.8. The second-order valence-corrected chi connectivity index (χ2v) is 9.48. The van der Waals surface area contributed by atoms with Crippen LogP contribution in [-0.2, 0) is 0 Å². The number of aromatic nitrogens is 4. The Morgan fingerprint density at radius 2 is 0.658 bits per heavy atom. The Kier molecular flexibility index (Phi) is 4.49. The number of hydrogen-bond donors (Lipinski definition) is 0. The van der Waals surface area contributed by atoms with Crippen LogP contribution in [-0.4, -0.2) is 19.9 Å². The molecule has 4 heteroatoms. The fraction of sp³-hybridized carbons (Fsp3) is 0. The lowest BCUT2D eigenvalue weighted by atomic mass is 9.98. The van der Waals surface area contributed by atoms with E-state index in [1.165, 1.54) is 0 Å². The third-order valence-corrected chi connectivity index (χ3v) is 7.24. The highest BCUT2D eigenvalue weighted by Crippen LogP contribution is 2.36. The molecule has 0 atom stereocenters. The van der Waals surface area contributed by atoms with Crippen molar-refractivity contribution >= 4 is 54.6 Å². The molecule has 4 nitrogen and oxygen atoms in total. The predicted octanol–water partition coefficient (Wildman–Crippen LogP) is 8.37.